The van der Waals surface area contributed by atoms with Crippen LogP contribution < -0.4 is 9.62 Å². The number of amides is 2. The number of hydrogen-bond donors (Lipinski definition) is 1. The van der Waals surface area contributed by atoms with Crippen LogP contribution in [0.25, 0.3) is 0 Å². The lowest BCUT2D eigenvalue weighted by Crippen LogP contribution is -2.53. The van der Waals surface area contributed by atoms with Crippen molar-refractivity contribution in [3.8, 4) is 0 Å². The fourth-order valence-corrected chi connectivity index (χ4v) is 4.65. The summed E-state index contributed by atoms with van der Waals surface area (Å²) < 4.78 is 39.8. The van der Waals surface area contributed by atoms with Crippen molar-refractivity contribution < 1.29 is 22.4 Å². The Morgan fingerprint density at radius 2 is 1.60 bits per heavy atom. The Kier molecular flexibility index (Phi) is 9.82. The first-order valence-corrected chi connectivity index (χ1v) is 13.5. The number of rotatable bonds is 11. The van der Waals surface area contributed by atoms with Gasteiger partial charge in [-0.05, 0) is 58.2 Å². The first-order chi connectivity index (χ1) is 16.3. The Morgan fingerprint density at radius 1 is 1.00 bits per heavy atom. The van der Waals surface area contributed by atoms with Crippen LogP contribution in [0, 0.1) is 5.82 Å². The van der Waals surface area contributed by atoms with E-state index in [1.165, 1.54) is 23.1 Å². The Balaban J connectivity index is 2.14. The maximum atomic E-state index is 14.2. The van der Waals surface area contributed by atoms with Gasteiger partial charge < -0.3 is 10.2 Å². The highest BCUT2D eigenvalue weighted by atomic mass is 32.2. The number of nitrogens with zero attached hydrogens (tertiary/aromatic N) is 2. The van der Waals surface area contributed by atoms with E-state index in [0.29, 0.717) is 13.0 Å². The molecule has 0 aliphatic rings. The largest absolute Gasteiger partial charge is 0.350 e. The molecule has 0 saturated carbocycles. The van der Waals surface area contributed by atoms with Crippen LogP contribution in [0.15, 0.2) is 54.6 Å². The molecule has 2 aromatic rings. The number of para-hydroxylation sites is 1. The molecule has 2 rings (SSSR count). The Bertz CT molecular complexity index is 1100. The number of carbonyl (C=O) groups is 2. The third-order valence-corrected chi connectivity index (χ3v) is 6.60. The number of benzene rings is 2. The molecule has 1 N–H and O–H groups in total. The lowest BCUT2D eigenvalue weighted by Gasteiger charge is -2.32. The quantitative estimate of drug-likeness (QED) is 0.504. The maximum Gasteiger partial charge on any atom is 0.242 e. The summed E-state index contributed by atoms with van der Waals surface area (Å²) in [5.74, 6) is -1.18. The van der Waals surface area contributed by atoms with Crippen LogP contribution in [-0.4, -0.2) is 56.1 Å². The van der Waals surface area contributed by atoms with E-state index < -0.39 is 27.4 Å². The fourth-order valence-electron chi connectivity index (χ4n) is 3.68. The summed E-state index contributed by atoms with van der Waals surface area (Å²) in [7, 11) is -3.75. The van der Waals surface area contributed by atoms with Gasteiger partial charge in [0.05, 0.1) is 11.9 Å². The van der Waals surface area contributed by atoms with Gasteiger partial charge in [0, 0.05) is 25.0 Å². The second-order valence-electron chi connectivity index (χ2n) is 9.63. The molecule has 192 valence electrons. The predicted molar refractivity (Wildman–Crippen MR) is 137 cm³/mol. The molecule has 9 heteroatoms. The fraction of sp³-hybridized carbons (Fsp3) is 0.462. The highest BCUT2D eigenvalue weighted by molar-refractivity contribution is 7.92. The Morgan fingerprint density at radius 3 is 2.17 bits per heavy atom. The Labute approximate surface area is 208 Å². The minimum Gasteiger partial charge on any atom is -0.350 e. The average molecular weight is 506 g/mol. The van der Waals surface area contributed by atoms with Crippen molar-refractivity contribution in [2.24, 2.45) is 0 Å². The molecule has 2 aromatic carbocycles. The van der Waals surface area contributed by atoms with Gasteiger partial charge in [-0.25, -0.2) is 12.8 Å². The van der Waals surface area contributed by atoms with Crippen LogP contribution in [0.1, 0.15) is 46.1 Å². The predicted octanol–water partition coefficient (Wildman–Crippen LogP) is 3.75. The standard InChI is InChI=1S/C26H36FN3O4S/c1-20(25(32)28-26(2,3)4)29(19-17-21-12-7-6-8-13-21)24(31)16-11-18-30(35(5,33)34)23-15-10-9-14-22(23)27/h6-10,12-15,20H,11,16-19H2,1-5H3,(H,28,32)/t20-/m1/s1. The van der Waals surface area contributed by atoms with Gasteiger partial charge in [0.25, 0.3) is 0 Å². The number of sulfonamides is 1. The zero-order valence-corrected chi connectivity index (χ0v) is 21.9. The summed E-state index contributed by atoms with van der Waals surface area (Å²) in [6, 6.07) is 14.6. The minimum absolute atomic E-state index is 0.0163. The van der Waals surface area contributed by atoms with Crippen molar-refractivity contribution in [2.45, 2.75) is 58.5 Å². The van der Waals surface area contributed by atoms with Crippen molar-refractivity contribution in [1.29, 1.82) is 0 Å². The molecule has 0 radical (unpaired) electrons. The van der Waals surface area contributed by atoms with Gasteiger partial charge in [-0.1, -0.05) is 42.5 Å². The smallest absolute Gasteiger partial charge is 0.242 e. The molecule has 0 unspecified atom stereocenters. The van der Waals surface area contributed by atoms with Crippen molar-refractivity contribution in [1.82, 2.24) is 10.2 Å². The number of nitrogens with one attached hydrogen (secondary N) is 1. The van der Waals surface area contributed by atoms with E-state index in [9.17, 15) is 22.4 Å². The van der Waals surface area contributed by atoms with Crippen LogP contribution in [0.5, 0.6) is 0 Å². The highest BCUT2D eigenvalue weighted by Gasteiger charge is 2.28. The van der Waals surface area contributed by atoms with Gasteiger partial charge in [-0.3, -0.25) is 13.9 Å². The van der Waals surface area contributed by atoms with Crippen LogP contribution in [0.4, 0.5) is 10.1 Å². The molecule has 0 saturated heterocycles. The van der Waals surface area contributed by atoms with E-state index in [1.54, 1.807) is 13.0 Å². The van der Waals surface area contributed by atoms with Crippen molar-refractivity contribution in [2.75, 3.05) is 23.7 Å². The van der Waals surface area contributed by atoms with Gasteiger partial charge in [0.1, 0.15) is 11.9 Å². The van der Waals surface area contributed by atoms with Crippen LogP contribution in [0.2, 0.25) is 0 Å². The van der Waals surface area contributed by atoms with E-state index in [1.807, 2.05) is 51.1 Å². The van der Waals surface area contributed by atoms with Crippen LogP contribution >= 0.6 is 0 Å². The summed E-state index contributed by atoms with van der Waals surface area (Å²) in [5, 5.41) is 2.91. The van der Waals surface area contributed by atoms with E-state index in [-0.39, 0.29) is 36.9 Å². The first kappa shape index (κ1) is 28.3. The average Bonchev–Trinajstić information content (AvgIpc) is 2.76. The van der Waals surface area contributed by atoms with E-state index in [4.69, 9.17) is 0 Å². The molecule has 2 amide bonds. The van der Waals surface area contributed by atoms with Crippen LogP contribution in [-0.2, 0) is 26.0 Å². The summed E-state index contributed by atoms with van der Waals surface area (Å²) in [6.07, 6.45) is 1.77. The Hall–Kier alpha value is -2.94. The zero-order valence-electron chi connectivity index (χ0n) is 21.1. The molecule has 0 heterocycles. The number of halogens is 1. The molecular weight excluding hydrogens is 469 g/mol. The SMILES string of the molecule is C[C@H](C(=O)NC(C)(C)C)N(CCc1ccccc1)C(=O)CCCN(c1ccccc1F)S(C)(=O)=O. The molecule has 35 heavy (non-hydrogen) atoms. The zero-order chi connectivity index (χ0) is 26.2. The molecule has 0 spiro atoms. The monoisotopic (exact) mass is 505 g/mol. The molecule has 0 aliphatic heterocycles. The lowest BCUT2D eigenvalue weighted by molar-refractivity contribution is -0.140. The number of carbonyl (C=O) groups excluding carboxylic acids is 2. The van der Waals surface area contributed by atoms with Gasteiger partial charge in [0.2, 0.25) is 21.8 Å². The summed E-state index contributed by atoms with van der Waals surface area (Å²) in [6.45, 7) is 7.58. The third-order valence-electron chi connectivity index (χ3n) is 5.42. The van der Waals surface area contributed by atoms with E-state index in [0.717, 1.165) is 16.1 Å². The molecule has 0 aliphatic carbocycles. The van der Waals surface area contributed by atoms with E-state index in [2.05, 4.69) is 5.32 Å². The van der Waals surface area contributed by atoms with Gasteiger partial charge in [0.15, 0.2) is 0 Å². The van der Waals surface area contributed by atoms with Crippen LogP contribution in [0.3, 0.4) is 0 Å². The molecule has 7 nitrogen and oxygen atoms in total. The molecule has 1 atom stereocenters. The second kappa shape index (κ2) is 12.2. The number of anilines is 1. The molecule has 0 aromatic heterocycles. The minimum atomic E-state index is -3.75. The number of hydrogen-bond acceptors (Lipinski definition) is 4. The maximum absolute atomic E-state index is 14.2. The highest BCUT2D eigenvalue weighted by Crippen LogP contribution is 2.22. The summed E-state index contributed by atoms with van der Waals surface area (Å²) >= 11 is 0. The van der Waals surface area contributed by atoms with Gasteiger partial charge >= 0.3 is 0 Å². The van der Waals surface area contributed by atoms with Crippen molar-refractivity contribution in [3.05, 3.63) is 66.0 Å². The lowest BCUT2D eigenvalue weighted by atomic mass is 10.1. The van der Waals surface area contributed by atoms with Gasteiger partial charge in [-0.15, -0.1) is 0 Å². The second-order valence-corrected chi connectivity index (χ2v) is 11.5. The first-order valence-electron chi connectivity index (χ1n) is 11.7. The van der Waals surface area contributed by atoms with Crippen molar-refractivity contribution in [3.63, 3.8) is 0 Å². The molecule has 0 bridgehead atoms. The summed E-state index contributed by atoms with van der Waals surface area (Å²) in [4.78, 5) is 27.6. The molecule has 0 fully saturated rings. The van der Waals surface area contributed by atoms with E-state index >= 15 is 0 Å². The normalized spacial score (nSPS) is 12.6. The third kappa shape index (κ3) is 8.98. The summed E-state index contributed by atoms with van der Waals surface area (Å²) in [5.41, 5.74) is 0.535. The molecular formula is C26H36FN3O4S. The topological polar surface area (TPSA) is 86.8 Å². The van der Waals surface area contributed by atoms with Gasteiger partial charge in [-0.2, -0.15) is 0 Å². The van der Waals surface area contributed by atoms with Crippen molar-refractivity contribution >= 4 is 27.5 Å².